The molecule has 2 fully saturated rings. The van der Waals surface area contributed by atoms with Gasteiger partial charge in [0, 0.05) is 70.6 Å². The minimum absolute atomic E-state index is 0.551. The first-order valence-corrected chi connectivity index (χ1v) is 11.2. The molecule has 1 aliphatic carbocycles. The van der Waals surface area contributed by atoms with Gasteiger partial charge >= 0.3 is 0 Å². The van der Waals surface area contributed by atoms with Gasteiger partial charge in [0.2, 0.25) is 0 Å². The van der Waals surface area contributed by atoms with E-state index in [-0.39, 0.29) is 0 Å². The minimum Gasteiger partial charge on any atom is -0.380 e. The third-order valence-electron chi connectivity index (χ3n) is 7.12. The zero-order valence-electron chi connectivity index (χ0n) is 18.3. The normalized spacial score (nSPS) is 23.8. The molecule has 0 amide bonds. The van der Waals surface area contributed by atoms with Crippen molar-refractivity contribution in [3.63, 3.8) is 0 Å². The highest BCUT2D eigenvalue weighted by molar-refractivity contribution is 5.42. The van der Waals surface area contributed by atoms with E-state index in [2.05, 4.69) is 52.6 Å². The quantitative estimate of drug-likeness (QED) is 0.673. The van der Waals surface area contributed by atoms with Crippen LogP contribution in [0.1, 0.15) is 31.5 Å². The van der Waals surface area contributed by atoms with Gasteiger partial charge in [0.05, 0.1) is 17.3 Å². The first-order valence-electron chi connectivity index (χ1n) is 11.2. The van der Waals surface area contributed by atoms with E-state index in [4.69, 9.17) is 9.72 Å². The number of aromatic nitrogens is 2. The van der Waals surface area contributed by atoms with E-state index < -0.39 is 0 Å². The van der Waals surface area contributed by atoms with E-state index in [9.17, 15) is 0 Å². The molecule has 0 aromatic carbocycles. The van der Waals surface area contributed by atoms with Crippen molar-refractivity contribution in [3.8, 4) is 0 Å². The Labute approximate surface area is 175 Å². The number of ether oxygens (including phenoxy) is 1. The van der Waals surface area contributed by atoms with Crippen LogP contribution in [-0.4, -0.2) is 89.8 Å². The van der Waals surface area contributed by atoms with E-state index in [0.717, 1.165) is 81.2 Å². The summed E-state index contributed by atoms with van der Waals surface area (Å²) >= 11 is 0. The zero-order chi connectivity index (χ0) is 20.4. The molecule has 0 spiro atoms. The van der Waals surface area contributed by atoms with Crippen LogP contribution in [0.4, 0.5) is 0 Å². The smallest absolute Gasteiger partial charge is 0.111 e. The molecule has 1 saturated heterocycles. The molecule has 0 radical (unpaired) electrons. The fourth-order valence-corrected chi connectivity index (χ4v) is 4.60. The fourth-order valence-electron chi connectivity index (χ4n) is 4.60. The molecule has 1 unspecified atom stereocenters. The Hall–Kier alpha value is -1.63. The predicted octanol–water partition coefficient (Wildman–Crippen LogP) is 0.651. The summed E-state index contributed by atoms with van der Waals surface area (Å²) in [5.41, 5.74) is 0.996. The van der Waals surface area contributed by atoms with Crippen molar-refractivity contribution in [3.05, 3.63) is 28.8 Å². The second-order valence-corrected chi connectivity index (χ2v) is 8.94. The third kappa shape index (κ3) is 4.60. The van der Waals surface area contributed by atoms with Crippen molar-refractivity contribution in [2.45, 2.75) is 50.7 Å². The van der Waals surface area contributed by atoms with Crippen molar-refractivity contribution in [1.82, 2.24) is 24.3 Å². The van der Waals surface area contributed by atoms with Crippen LogP contribution in [0.15, 0.2) is 12.3 Å². The molecule has 6 nitrogen and oxygen atoms in total. The maximum Gasteiger partial charge on any atom is 0.111 e. The van der Waals surface area contributed by atoms with Gasteiger partial charge < -0.3 is 14.2 Å². The SMILES string of the molecule is C=C(/C=c1/nc2n(c1=C)CCN(C1CCC1)CC2)N(C)CCN(C)C1CCOC1. The van der Waals surface area contributed by atoms with Crippen molar-refractivity contribution < 1.29 is 4.74 Å². The lowest BCUT2D eigenvalue weighted by Crippen LogP contribution is -2.42. The second-order valence-electron chi connectivity index (χ2n) is 8.94. The molecule has 1 aromatic rings. The largest absolute Gasteiger partial charge is 0.380 e. The number of likely N-dealkylation sites (N-methyl/N-ethyl adjacent to an activating group) is 2. The van der Waals surface area contributed by atoms with Gasteiger partial charge in [-0.1, -0.05) is 19.6 Å². The standard InChI is InChI=1S/C23H37N5O/c1-18(25(3)11-12-26(4)21-9-15-29-17-21)16-22-19(2)28-14-13-27(20-6-5-7-20)10-8-23(28)24-22/h16,20-21H,1-2,5-15,17H2,3-4H3/b22-16+. The molecule has 1 atom stereocenters. The Balaban J connectivity index is 1.37. The van der Waals surface area contributed by atoms with Gasteiger partial charge in [-0.15, -0.1) is 0 Å². The van der Waals surface area contributed by atoms with Gasteiger partial charge in [-0.05, 0) is 32.4 Å². The molecular formula is C23H37N5O. The van der Waals surface area contributed by atoms with Crippen LogP contribution < -0.4 is 10.7 Å². The lowest BCUT2D eigenvalue weighted by molar-refractivity contribution is 0.130. The Morgan fingerprint density at radius 1 is 1.21 bits per heavy atom. The molecular weight excluding hydrogens is 362 g/mol. The molecule has 160 valence electrons. The van der Waals surface area contributed by atoms with E-state index in [1.807, 2.05) is 0 Å². The lowest BCUT2D eigenvalue weighted by atomic mass is 9.91. The maximum atomic E-state index is 5.50. The number of nitrogens with zero attached hydrogens (tertiary/aromatic N) is 5. The summed E-state index contributed by atoms with van der Waals surface area (Å²) in [5, 5.41) is 2.01. The summed E-state index contributed by atoms with van der Waals surface area (Å²) < 4.78 is 7.83. The van der Waals surface area contributed by atoms with Gasteiger partial charge in [0.15, 0.2) is 0 Å². The molecule has 0 bridgehead atoms. The maximum absolute atomic E-state index is 5.50. The van der Waals surface area contributed by atoms with Crippen LogP contribution in [0.5, 0.6) is 0 Å². The Morgan fingerprint density at radius 3 is 2.72 bits per heavy atom. The summed E-state index contributed by atoms with van der Waals surface area (Å²) in [6.07, 6.45) is 8.39. The average Bonchev–Trinajstić information content (AvgIpc) is 3.24. The monoisotopic (exact) mass is 399 g/mol. The van der Waals surface area contributed by atoms with Crippen molar-refractivity contribution in [2.75, 3.05) is 53.5 Å². The van der Waals surface area contributed by atoms with Crippen LogP contribution in [0.3, 0.4) is 0 Å². The number of imidazole rings is 1. The van der Waals surface area contributed by atoms with Gasteiger partial charge in [-0.3, -0.25) is 9.80 Å². The van der Waals surface area contributed by atoms with Gasteiger partial charge in [0.25, 0.3) is 0 Å². The number of hydrogen-bond donors (Lipinski definition) is 0. The predicted molar refractivity (Wildman–Crippen MR) is 118 cm³/mol. The van der Waals surface area contributed by atoms with Crippen LogP contribution in [0.2, 0.25) is 0 Å². The molecule has 1 saturated carbocycles. The summed E-state index contributed by atoms with van der Waals surface area (Å²) in [6, 6.07) is 1.36. The average molecular weight is 400 g/mol. The van der Waals surface area contributed by atoms with E-state index >= 15 is 0 Å². The summed E-state index contributed by atoms with van der Waals surface area (Å²) in [4.78, 5) is 12.2. The van der Waals surface area contributed by atoms with Crippen LogP contribution in [0, 0.1) is 0 Å². The Kier molecular flexibility index (Phi) is 6.42. The van der Waals surface area contributed by atoms with Gasteiger partial charge in [0.1, 0.15) is 5.82 Å². The highest BCUT2D eigenvalue weighted by Crippen LogP contribution is 2.25. The Morgan fingerprint density at radius 2 is 2.03 bits per heavy atom. The van der Waals surface area contributed by atoms with Gasteiger partial charge in [-0.25, -0.2) is 4.98 Å². The molecule has 2 aliphatic heterocycles. The van der Waals surface area contributed by atoms with Crippen molar-refractivity contribution in [1.29, 1.82) is 0 Å². The summed E-state index contributed by atoms with van der Waals surface area (Å²) in [5.74, 6) is 1.18. The fraction of sp³-hybridized carbons (Fsp3) is 0.696. The second kappa shape index (κ2) is 9.02. The van der Waals surface area contributed by atoms with E-state index in [1.165, 1.54) is 25.1 Å². The van der Waals surface area contributed by atoms with Gasteiger partial charge in [-0.2, -0.15) is 0 Å². The van der Waals surface area contributed by atoms with Crippen LogP contribution in [0.25, 0.3) is 12.7 Å². The molecule has 4 rings (SSSR count). The van der Waals surface area contributed by atoms with E-state index in [1.54, 1.807) is 0 Å². The summed E-state index contributed by atoms with van der Waals surface area (Å²) in [6.45, 7) is 15.6. The van der Waals surface area contributed by atoms with E-state index in [0.29, 0.717) is 6.04 Å². The molecule has 3 heterocycles. The first kappa shape index (κ1) is 20.6. The van der Waals surface area contributed by atoms with Crippen LogP contribution in [-0.2, 0) is 17.7 Å². The number of rotatable bonds is 7. The Bertz CT molecular complexity index is 821. The highest BCUT2D eigenvalue weighted by atomic mass is 16.5. The van der Waals surface area contributed by atoms with Crippen LogP contribution >= 0.6 is 0 Å². The molecule has 1 aromatic heterocycles. The highest BCUT2D eigenvalue weighted by Gasteiger charge is 2.27. The molecule has 6 heteroatoms. The topological polar surface area (TPSA) is 36.8 Å². The van der Waals surface area contributed by atoms with Crippen molar-refractivity contribution in [2.24, 2.45) is 0 Å². The number of fused-ring (bicyclic) bond motifs is 1. The molecule has 29 heavy (non-hydrogen) atoms. The zero-order valence-corrected chi connectivity index (χ0v) is 18.3. The third-order valence-corrected chi connectivity index (χ3v) is 7.12. The molecule has 3 aliphatic rings. The number of hydrogen-bond acceptors (Lipinski definition) is 5. The number of allylic oxidation sites excluding steroid dienone is 1. The summed E-state index contributed by atoms with van der Waals surface area (Å²) in [7, 11) is 4.30. The molecule has 0 N–H and O–H groups in total. The lowest BCUT2D eigenvalue weighted by Gasteiger charge is -2.36. The van der Waals surface area contributed by atoms with Crippen molar-refractivity contribution >= 4 is 12.7 Å². The first-order chi connectivity index (χ1) is 14.0. The minimum atomic E-state index is 0.551.